The van der Waals surface area contributed by atoms with E-state index in [9.17, 15) is 4.79 Å². The van der Waals surface area contributed by atoms with E-state index in [1.807, 2.05) is 31.2 Å². The number of nitrogens with two attached hydrogens (primary N) is 1. The highest BCUT2D eigenvalue weighted by Gasteiger charge is 2.15. The number of halogens is 1. The first-order chi connectivity index (χ1) is 8.58. The van der Waals surface area contributed by atoms with Crippen LogP contribution in [0.15, 0.2) is 28.7 Å². The molecule has 2 atom stereocenters. The molecule has 0 aliphatic rings. The zero-order valence-corrected chi connectivity index (χ0v) is 12.2. The molecule has 0 radical (unpaired) electrons. The Balaban J connectivity index is 2.57. The van der Waals surface area contributed by atoms with Gasteiger partial charge in [0.15, 0.2) is 0 Å². The molecule has 1 amide bonds. The number of carbonyl (C=O) groups is 1. The van der Waals surface area contributed by atoms with Crippen molar-refractivity contribution in [3.05, 3.63) is 34.3 Å². The van der Waals surface area contributed by atoms with Gasteiger partial charge in [-0.2, -0.15) is 0 Å². The summed E-state index contributed by atoms with van der Waals surface area (Å²) >= 11 is 3.47. The second-order valence-corrected chi connectivity index (χ2v) is 4.96. The molecule has 0 saturated carbocycles. The van der Waals surface area contributed by atoms with E-state index < -0.39 is 0 Å². The van der Waals surface area contributed by atoms with Gasteiger partial charge in [0.2, 0.25) is 5.91 Å². The van der Waals surface area contributed by atoms with E-state index in [1.54, 1.807) is 7.11 Å². The highest BCUT2D eigenvalue weighted by Crippen LogP contribution is 2.22. The van der Waals surface area contributed by atoms with Crippen LogP contribution in [0, 0.1) is 0 Å². The van der Waals surface area contributed by atoms with Crippen LogP contribution in [0.5, 0.6) is 0 Å². The molecule has 0 aliphatic carbocycles. The van der Waals surface area contributed by atoms with Gasteiger partial charge in [0.1, 0.15) is 0 Å². The fraction of sp³-hybridized carbons (Fsp3) is 0.462. The van der Waals surface area contributed by atoms with E-state index in [2.05, 4.69) is 21.2 Å². The molecule has 0 spiro atoms. The summed E-state index contributed by atoms with van der Waals surface area (Å²) in [6.07, 6.45) is 0.0540. The molecule has 4 nitrogen and oxygen atoms in total. The second kappa shape index (κ2) is 7.51. The Hall–Kier alpha value is -0.910. The fourth-order valence-electron chi connectivity index (χ4n) is 1.67. The molecule has 1 aromatic carbocycles. The number of hydrogen-bond donors (Lipinski definition) is 2. The lowest BCUT2D eigenvalue weighted by molar-refractivity contribution is -0.124. The average Bonchev–Trinajstić information content (AvgIpc) is 2.36. The van der Waals surface area contributed by atoms with Gasteiger partial charge in [-0.25, -0.2) is 0 Å². The Kier molecular flexibility index (Phi) is 6.32. The molecule has 0 aromatic heterocycles. The number of carbonyl (C=O) groups excluding carboxylic acids is 1. The molecule has 0 bridgehead atoms. The van der Waals surface area contributed by atoms with Gasteiger partial charge in [-0.1, -0.05) is 34.1 Å². The van der Waals surface area contributed by atoms with Gasteiger partial charge in [0, 0.05) is 18.1 Å². The first kappa shape index (κ1) is 15.1. The number of benzene rings is 1. The van der Waals surface area contributed by atoms with E-state index in [4.69, 9.17) is 10.5 Å². The summed E-state index contributed by atoms with van der Waals surface area (Å²) in [5.74, 6) is -0.0597. The van der Waals surface area contributed by atoms with Gasteiger partial charge in [0.05, 0.1) is 18.6 Å². The Bertz CT molecular complexity index is 394. The molecule has 0 saturated heterocycles. The highest BCUT2D eigenvalue weighted by atomic mass is 79.9. The quantitative estimate of drug-likeness (QED) is 0.844. The van der Waals surface area contributed by atoms with Crippen molar-refractivity contribution in [2.45, 2.75) is 25.5 Å². The third-order valence-corrected chi connectivity index (χ3v) is 3.48. The monoisotopic (exact) mass is 314 g/mol. The molecule has 18 heavy (non-hydrogen) atoms. The predicted octanol–water partition coefficient (Wildman–Crippen LogP) is 1.99. The molecule has 1 unspecified atom stereocenters. The normalized spacial score (nSPS) is 14.0. The van der Waals surface area contributed by atoms with Crippen LogP contribution < -0.4 is 11.1 Å². The molecule has 1 aromatic rings. The van der Waals surface area contributed by atoms with Gasteiger partial charge in [-0.3, -0.25) is 4.79 Å². The van der Waals surface area contributed by atoms with Crippen LogP contribution in [0.25, 0.3) is 0 Å². The van der Waals surface area contributed by atoms with Crippen LogP contribution in [0.4, 0.5) is 0 Å². The van der Waals surface area contributed by atoms with E-state index >= 15 is 0 Å². The maximum absolute atomic E-state index is 11.8. The van der Waals surface area contributed by atoms with Gasteiger partial charge < -0.3 is 15.8 Å². The molecular weight excluding hydrogens is 296 g/mol. The highest BCUT2D eigenvalue weighted by molar-refractivity contribution is 9.10. The standard InChI is InChI=1S/C13H19BrN2O2/c1-9(11-5-3-4-6-12(11)14)16-13(17)7-10(8-15)18-2/h3-6,9-10H,7-8,15H2,1-2H3,(H,16,17)/t9-,10?/m0/s1. The third-order valence-electron chi connectivity index (χ3n) is 2.76. The van der Waals surface area contributed by atoms with Crippen molar-refractivity contribution < 1.29 is 9.53 Å². The summed E-state index contributed by atoms with van der Waals surface area (Å²) in [7, 11) is 1.56. The topological polar surface area (TPSA) is 64.3 Å². The summed E-state index contributed by atoms with van der Waals surface area (Å²) in [6, 6.07) is 7.77. The average molecular weight is 315 g/mol. The lowest BCUT2D eigenvalue weighted by atomic mass is 10.1. The van der Waals surface area contributed by atoms with Crippen LogP contribution >= 0.6 is 15.9 Å². The van der Waals surface area contributed by atoms with Gasteiger partial charge in [-0.15, -0.1) is 0 Å². The van der Waals surface area contributed by atoms with Gasteiger partial charge in [0.25, 0.3) is 0 Å². The van der Waals surface area contributed by atoms with Crippen LogP contribution in [-0.2, 0) is 9.53 Å². The number of rotatable bonds is 6. The maximum atomic E-state index is 11.8. The smallest absolute Gasteiger partial charge is 0.223 e. The Morgan fingerprint density at radius 1 is 1.50 bits per heavy atom. The molecule has 100 valence electrons. The second-order valence-electron chi connectivity index (χ2n) is 4.11. The molecule has 1 rings (SSSR count). The zero-order valence-electron chi connectivity index (χ0n) is 10.7. The Morgan fingerprint density at radius 2 is 2.17 bits per heavy atom. The van der Waals surface area contributed by atoms with Crippen LogP contribution in [-0.4, -0.2) is 25.7 Å². The Labute approximate surface area is 116 Å². The summed E-state index contributed by atoms with van der Waals surface area (Å²) in [6.45, 7) is 2.29. The molecule has 5 heteroatoms. The molecule has 0 fully saturated rings. The molecule has 0 heterocycles. The number of nitrogens with one attached hydrogen (secondary N) is 1. The summed E-state index contributed by atoms with van der Waals surface area (Å²) < 4.78 is 6.07. The van der Waals surface area contributed by atoms with Gasteiger partial charge >= 0.3 is 0 Å². The number of ether oxygens (including phenoxy) is 1. The third kappa shape index (κ3) is 4.40. The van der Waals surface area contributed by atoms with Crippen LogP contribution in [0.2, 0.25) is 0 Å². The minimum atomic E-state index is -0.226. The van der Waals surface area contributed by atoms with Crippen molar-refractivity contribution in [2.75, 3.05) is 13.7 Å². The number of amides is 1. The van der Waals surface area contributed by atoms with E-state index in [0.29, 0.717) is 6.54 Å². The lowest BCUT2D eigenvalue weighted by Gasteiger charge is -2.18. The molecular formula is C13H19BrN2O2. The van der Waals surface area contributed by atoms with Crippen molar-refractivity contribution >= 4 is 21.8 Å². The van der Waals surface area contributed by atoms with Crippen LogP contribution in [0.1, 0.15) is 24.9 Å². The first-order valence-corrected chi connectivity index (χ1v) is 6.64. The minimum Gasteiger partial charge on any atom is -0.380 e. The van der Waals surface area contributed by atoms with E-state index in [-0.39, 0.29) is 24.5 Å². The van der Waals surface area contributed by atoms with E-state index in [0.717, 1.165) is 10.0 Å². The summed E-state index contributed by atoms with van der Waals surface area (Å²) in [4.78, 5) is 11.8. The van der Waals surface area contributed by atoms with E-state index in [1.165, 1.54) is 0 Å². The molecule has 0 aliphatic heterocycles. The van der Waals surface area contributed by atoms with Crippen LogP contribution in [0.3, 0.4) is 0 Å². The van der Waals surface area contributed by atoms with Gasteiger partial charge in [-0.05, 0) is 18.6 Å². The SMILES string of the molecule is COC(CN)CC(=O)N[C@@H](C)c1ccccc1Br. The first-order valence-electron chi connectivity index (χ1n) is 5.85. The largest absolute Gasteiger partial charge is 0.380 e. The molecule has 3 N–H and O–H groups in total. The van der Waals surface area contributed by atoms with Crippen molar-refractivity contribution in [2.24, 2.45) is 5.73 Å². The van der Waals surface area contributed by atoms with Crippen molar-refractivity contribution in [3.8, 4) is 0 Å². The lowest BCUT2D eigenvalue weighted by Crippen LogP contribution is -2.33. The van der Waals surface area contributed by atoms with Crippen molar-refractivity contribution in [1.29, 1.82) is 0 Å². The minimum absolute atomic E-state index is 0.0524. The summed E-state index contributed by atoms with van der Waals surface area (Å²) in [5.41, 5.74) is 6.53. The van der Waals surface area contributed by atoms with Crippen molar-refractivity contribution in [3.63, 3.8) is 0 Å². The Morgan fingerprint density at radius 3 is 2.72 bits per heavy atom. The predicted molar refractivity (Wildman–Crippen MR) is 75.2 cm³/mol. The number of hydrogen-bond acceptors (Lipinski definition) is 3. The summed E-state index contributed by atoms with van der Waals surface area (Å²) in [5, 5.41) is 2.93. The maximum Gasteiger partial charge on any atom is 0.223 e. The number of methoxy groups -OCH3 is 1. The zero-order chi connectivity index (χ0) is 13.5. The fourth-order valence-corrected chi connectivity index (χ4v) is 2.30. The van der Waals surface area contributed by atoms with Crippen molar-refractivity contribution in [1.82, 2.24) is 5.32 Å².